The Balaban J connectivity index is 1.84. The molecule has 0 heterocycles. The zero-order chi connectivity index (χ0) is 14.4. The van der Waals surface area contributed by atoms with Gasteiger partial charge in [0.1, 0.15) is 5.75 Å². The van der Waals surface area contributed by atoms with Crippen LogP contribution in [0.25, 0.3) is 0 Å². The van der Waals surface area contributed by atoms with Crippen molar-refractivity contribution in [3.8, 4) is 5.75 Å². The lowest BCUT2D eigenvalue weighted by atomic mass is 9.86. The Morgan fingerprint density at radius 1 is 1.35 bits per heavy atom. The number of carbonyl (C=O) groups is 2. The van der Waals surface area contributed by atoms with Gasteiger partial charge in [0, 0.05) is 6.04 Å². The lowest BCUT2D eigenvalue weighted by Crippen LogP contribution is -2.43. The van der Waals surface area contributed by atoms with Gasteiger partial charge in [0.05, 0.1) is 5.56 Å². The highest BCUT2D eigenvalue weighted by Crippen LogP contribution is 2.23. The Hall–Kier alpha value is -1.84. The van der Waals surface area contributed by atoms with E-state index in [1.165, 1.54) is 19.3 Å². The topological polar surface area (TPSA) is 55.4 Å². The minimum atomic E-state index is -0.121. The highest BCUT2D eigenvalue weighted by Gasteiger charge is 2.22. The summed E-state index contributed by atoms with van der Waals surface area (Å²) in [6, 6.07) is 7.16. The van der Waals surface area contributed by atoms with Gasteiger partial charge in [0.25, 0.3) is 5.91 Å². The molecule has 4 nitrogen and oxygen atoms in total. The van der Waals surface area contributed by atoms with Crippen LogP contribution in [0.2, 0.25) is 0 Å². The summed E-state index contributed by atoms with van der Waals surface area (Å²) in [5.41, 5.74) is 0.464. The van der Waals surface area contributed by atoms with Gasteiger partial charge in [-0.3, -0.25) is 9.59 Å². The van der Waals surface area contributed by atoms with Gasteiger partial charge in [-0.15, -0.1) is 0 Å². The monoisotopic (exact) mass is 275 g/mol. The second-order valence-electron chi connectivity index (χ2n) is 5.38. The number of carbonyl (C=O) groups excluding carboxylic acids is 2. The van der Waals surface area contributed by atoms with Crippen LogP contribution in [0.15, 0.2) is 24.3 Å². The van der Waals surface area contributed by atoms with E-state index in [9.17, 15) is 9.59 Å². The maximum Gasteiger partial charge on any atom is 0.258 e. The summed E-state index contributed by atoms with van der Waals surface area (Å²) >= 11 is 0. The number of aldehydes is 1. The van der Waals surface area contributed by atoms with E-state index in [1.807, 2.05) is 0 Å². The van der Waals surface area contributed by atoms with Gasteiger partial charge in [0.15, 0.2) is 12.9 Å². The largest absolute Gasteiger partial charge is 0.483 e. The van der Waals surface area contributed by atoms with Crippen molar-refractivity contribution in [2.45, 2.75) is 38.6 Å². The Labute approximate surface area is 119 Å². The van der Waals surface area contributed by atoms with Crippen molar-refractivity contribution in [2.75, 3.05) is 6.61 Å². The number of nitrogens with one attached hydrogen (secondary N) is 1. The molecule has 0 bridgehead atoms. The van der Waals surface area contributed by atoms with E-state index in [1.54, 1.807) is 24.3 Å². The number of amides is 1. The summed E-state index contributed by atoms with van der Waals surface area (Å²) in [5, 5.41) is 3.02. The van der Waals surface area contributed by atoms with Gasteiger partial charge in [-0.05, 0) is 30.9 Å². The third-order valence-electron chi connectivity index (χ3n) is 3.86. The lowest BCUT2D eigenvalue weighted by molar-refractivity contribution is -0.124. The summed E-state index contributed by atoms with van der Waals surface area (Å²) < 4.78 is 5.42. The molecule has 1 aromatic rings. The first-order valence-electron chi connectivity index (χ1n) is 7.17. The molecule has 0 saturated heterocycles. The zero-order valence-corrected chi connectivity index (χ0v) is 11.8. The van der Waals surface area contributed by atoms with E-state index in [-0.39, 0.29) is 18.6 Å². The standard InChI is InChI=1S/C16H21NO3/c1-12-6-2-4-8-14(12)17-16(19)11-20-15-9-5-3-7-13(15)10-18/h3,5,7,9-10,12,14H,2,4,6,8,11H2,1H3,(H,17,19). The van der Waals surface area contributed by atoms with Crippen LogP contribution in [-0.4, -0.2) is 24.8 Å². The second kappa shape index (κ2) is 7.08. The van der Waals surface area contributed by atoms with Crippen molar-refractivity contribution >= 4 is 12.2 Å². The smallest absolute Gasteiger partial charge is 0.258 e. The molecule has 1 saturated carbocycles. The fourth-order valence-electron chi connectivity index (χ4n) is 2.63. The van der Waals surface area contributed by atoms with E-state index in [2.05, 4.69) is 12.2 Å². The molecule has 1 aliphatic carbocycles. The van der Waals surface area contributed by atoms with E-state index in [4.69, 9.17) is 4.74 Å². The molecule has 0 radical (unpaired) electrons. The molecule has 20 heavy (non-hydrogen) atoms. The van der Waals surface area contributed by atoms with Crippen LogP contribution in [0, 0.1) is 5.92 Å². The molecule has 2 unspecified atom stereocenters. The van der Waals surface area contributed by atoms with E-state index >= 15 is 0 Å². The van der Waals surface area contributed by atoms with Gasteiger partial charge in [-0.2, -0.15) is 0 Å². The molecule has 1 aliphatic rings. The molecular weight excluding hydrogens is 254 g/mol. The molecule has 0 spiro atoms. The van der Waals surface area contributed by atoms with Crippen LogP contribution < -0.4 is 10.1 Å². The Morgan fingerprint density at radius 2 is 2.10 bits per heavy atom. The van der Waals surface area contributed by atoms with Gasteiger partial charge >= 0.3 is 0 Å². The minimum absolute atomic E-state index is 0.0475. The molecule has 1 N–H and O–H groups in total. The Bertz CT molecular complexity index is 473. The third kappa shape index (κ3) is 3.83. The SMILES string of the molecule is CC1CCCCC1NC(=O)COc1ccccc1C=O. The normalized spacial score (nSPS) is 22.1. The number of ether oxygens (including phenoxy) is 1. The quantitative estimate of drug-likeness (QED) is 0.840. The Morgan fingerprint density at radius 3 is 2.85 bits per heavy atom. The van der Waals surface area contributed by atoms with Gasteiger partial charge in [-0.1, -0.05) is 31.9 Å². The van der Waals surface area contributed by atoms with Crippen LogP contribution >= 0.6 is 0 Å². The van der Waals surface area contributed by atoms with Gasteiger partial charge in [-0.25, -0.2) is 0 Å². The first-order valence-corrected chi connectivity index (χ1v) is 7.17. The maximum absolute atomic E-state index is 11.9. The summed E-state index contributed by atoms with van der Waals surface area (Å²) in [4.78, 5) is 22.8. The number of hydrogen-bond acceptors (Lipinski definition) is 3. The van der Waals surface area contributed by atoms with Crippen molar-refractivity contribution in [1.29, 1.82) is 0 Å². The van der Waals surface area contributed by atoms with E-state index in [0.717, 1.165) is 12.7 Å². The maximum atomic E-state index is 11.9. The molecular formula is C16H21NO3. The molecule has 4 heteroatoms. The number of hydrogen-bond donors (Lipinski definition) is 1. The fourth-order valence-corrected chi connectivity index (χ4v) is 2.63. The van der Waals surface area contributed by atoms with Crippen LogP contribution in [-0.2, 0) is 4.79 Å². The van der Waals surface area contributed by atoms with Crippen molar-refractivity contribution < 1.29 is 14.3 Å². The molecule has 2 rings (SSSR count). The minimum Gasteiger partial charge on any atom is -0.483 e. The number of benzene rings is 1. The van der Waals surface area contributed by atoms with Crippen LogP contribution in [0.3, 0.4) is 0 Å². The summed E-state index contributed by atoms with van der Waals surface area (Å²) in [6.45, 7) is 2.13. The van der Waals surface area contributed by atoms with Crippen LogP contribution in [0.1, 0.15) is 43.0 Å². The zero-order valence-electron chi connectivity index (χ0n) is 11.8. The molecule has 2 atom stereocenters. The molecule has 0 aliphatic heterocycles. The second-order valence-corrected chi connectivity index (χ2v) is 5.38. The highest BCUT2D eigenvalue weighted by molar-refractivity contribution is 5.80. The van der Waals surface area contributed by atoms with Crippen molar-refractivity contribution in [1.82, 2.24) is 5.32 Å². The number of rotatable bonds is 5. The molecule has 1 fully saturated rings. The first-order chi connectivity index (χ1) is 9.70. The average molecular weight is 275 g/mol. The summed E-state index contributed by atoms with van der Waals surface area (Å²) in [6.07, 6.45) is 5.36. The third-order valence-corrected chi connectivity index (χ3v) is 3.86. The van der Waals surface area contributed by atoms with E-state index in [0.29, 0.717) is 17.2 Å². The van der Waals surface area contributed by atoms with Crippen LogP contribution in [0.5, 0.6) is 5.75 Å². The molecule has 108 valence electrons. The summed E-state index contributed by atoms with van der Waals surface area (Å²) in [5.74, 6) is 0.855. The first kappa shape index (κ1) is 14.6. The predicted octanol–water partition coefficient (Wildman–Crippen LogP) is 2.57. The predicted molar refractivity (Wildman–Crippen MR) is 76.9 cm³/mol. The van der Waals surface area contributed by atoms with Crippen molar-refractivity contribution in [3.63, 3.8) is 0 Å². The fraction of sp³-hybridized carbons (Fsp3) is 0.500. The van der Waals surface area contributed by atoms with Crippen molar-refractivity contribution in [2.24, 2.45) is 5.92 Å². The molecule has 0 aromatic heterocycles. The lowest BCUT2D eigenvalue weighted by Gasteiger charge is -2.29. The number of para-hydroxylation sites is 1. The Kier molecular flexibility index (Phi) is 5.16. The van der Waals surface area contributed by atoms with E-state index < -0.39 is 0 Å². The van der Waals surface area contributed by atoms with Gasteiger partial charge < -0.3 is 10.1 Å². The highest BCUT2D eigenvalue weighted by atomic mass is 16.5. The average Bonchev–Trinajstić information content (AvgIpc) is 2.48. The molecule has 1 aromatic carbocycles. The summed E-state index contributed by atoms with van der Waals surface area (Å²) in [7, 11) is 0. The van der Waals surface area contributed by atoms with Gasteiger partial charge in [0.2, 0.25) is 0 Å². The molecule has 1 amide bonds. The van der Waals surface area contributed by atoms with Crippen LogP contribution in [0.4, 0.5) is 0 Å². The van der Waals surface area contributed by atoms with Crippen molar-refractivity contribution in [3.05, 3.63) is 29.8 Å².